The minimum absolute atomic E-state index is 0.645. The maximum atomic E-state index is 5.33. The summed E-state index contributed by atoms with van der Waals surface area (Å²) in [6.45, 7) is 6.87. The molecule has 0 aliphatic carbocycles. The topological polar surface area (TPSA) is 33.6 Å². The van der Waals surface area contributed by atoms with Crippen molar-refractivity contribution < 1.29 is 4.74 Å². The van der Waals surface area contributed by atoms with Crippen LogP contribution in [0.4, 0.5) is 0 Å². The predicted octanol–water partition coefficient (Wildman–Crippen LogP) is 3.83. The summed E-state index contributed by atoms with van der Waals surface area (Å²) in [5.41, 5.74) is 8.88. The van der Waals surface area contributed by atoms with Crippen LogP contribution in [0.2, 0.25) is 0 Å². The summed E-state index contributed by atoms with van der Waals surface area (Å²) in [5.74, 6) is 0.879. The zero-order chi connectivity index (χ0) is 15.2. The Morgan fingerprint density at radius 1 is 1.14 bits per heavy atom. The molecule has 2 rings (SSSR count). The summed E-state index contributed by atoms with van der Waals surface area (Å²) >= 11 is 0. The minimum Gasteiger partial charge on any atom is -0.496 e. The molecule has 0 spiro atoms. The molecule has 110 valence electrons. The van der Waals surface area contributed by atoms with Crippen LogP contribution in [0.25, 0.3) is 0 Å². The number of aryl methyl sites for hydroxylation is 2. The Morgan fingerprint density at radius 3 is 2.67 bits per heavy atom. The summed E-state index contributed by atoms with van der Waals surface area (Å²) in [6.07, 6.45) is 0. The highest BCUT2D eigenvalue weighted by atomic mass is 16.5. The molecular weight excluding hydrogens is 260 g/mol. The Labute approximate surface area is 126 Å². The second-order valence-electron chi connectivity index (χ2n) is 5.16. The number of hydrogen-bond donors (Lipinski definition) is 1. The largest absolute Gasteiger partial charge is 0.496 e. The molecule has 0 amide bonds. The molecule has 3 heteroatoms. The van der Waals surface area contributed by atoms with Crippen LogP contribution >= 0.6 is 0 Å². The zero-order valence-electron chi connectivity index (χ0n) is 13.1. The summed E-state index contributed by atoms with van der Waals surface area (Å²) in [6, 6.07) is 14.4. The Morgan fingerprint density at radius 2 is 1.90 bits per heavy atom. The van der Waals surface area contributed by atoms with Gasteiger partial charge in [-0.1, -0.05) is 35.9 Å². The van der Waals surface area contributed by atoms with E-state index in [0.29, 0.717) is 6.54 Å². The van der Waals surface area contributed by atoms with Crippen molar-refractivity contribution in [2.45, 2.75) is 27.3 Å². The molecular formula is C18H22N2O. The summed E-state index contributed by atoms with van der Waals surface area (Å²) < 4.78 is 5.33. The molecule has 1 N–H and O–H groups in total. The number of nitrogens with zero attached hydrogens (tertiary/aromatic N) is 1. The van der Waals surface area contributed by atoms with E-state index in [4.69, 9.17) is 4.74 Å². The van der Waals surface area contributed by atoms with Gasteiger partial charge in [0, 0.05) is 11.1 Å². The van der Waals surface area contributed by atoms with Crippen LogP contribution in [0.1, 0.15) is 29.2 Å². The molecule has 0 aromatic heterocycles. The van der Waals surface area contributed by atoms with Crippen molar-refractivity contribution in [3.8, 4) is 5.75 Å². The fourth-order valence-corrected chi connectivity index (χ4v) is 2.28. The average molecular weight is 282 g/mol. The van der Waals surface area contributed by atoms with Gasteiger partial charge in [0.15, 0.2) is 0 Å². The first kappa shape index (κ1) is 15.1. The molecule has 0 aliphatic rings. The van der Waals surface area contributed by atoms with E-state index in [9.17, 15) is 0 Å². The van der Waals surface area contributed by atoms with Gasteiger partial charge in [-0.25, -0.2) is 0 Å². The van der Waals surface area contributed by atoms with E-state index in [1.807, 2.05) is 31.2 Å². The van der Waals surface area contributed by atoms with E-state index in [0.717, 1.165) is 17.0 Å². The molecule has 0 aliphatic heterocycles. The number of hydrogen-bond acceptors (Lipinski definition) is 3. The molecule has 0 heterocycles. The SMILES string of the molecule is COc1ccccc1CN/N=C(\C)c1cc(C)ccc1C. The van der Waals surface area contributed by atoms with Crippen LogP contribution in [-0.4, -0.2) is 12.8 Å². The summed E-state index contributed by atoms with van der Waals surface area (Å²) in [4.78, 5) is 0. The standard InChI is InChI=1S/C18H22N2O/c1-13-9-10-14(2)17(11-13)15(3)20-19-12-16-7-5-6-8-18(16)21-4/h5-11,19H,12H2,1-4H3/b20-15+. The van der Waals surface area contributed by atoms with Gasteiger partial charge in [-0.3, -0.25) is 0 Å². The molecule has 3 nitrogen and oxygen atoms in total. The average Bonchev–Trinajstić information content (AvgIpc) is 2.50. The zero-order valence-corrected chi connectivity index (χ0v) is 13.1. The Hall–Kier alpha value is -2.29. The van der Waals surface area contributed by atoms with Crippen molar-refractivity contribution in [3.05, 3.63) is 64.7 Å². The molecule has 2 aromatic carbocycles. The van der Waals surface area contributed by atoms with Gasteiger partial charge in [0.1, 0.15) is 5.75 Å². The third-order valence-corrected chi connectivity index (χ3v) is 3.49. The Balaban J connectivity index is 2.09. The van der Waals surface area contributed by atoms with Gasteiger partial charge in [-0.15, -0.1) is 0 Å². The first-order chi connectivity index (χ1) is 10.1. The molecule has 2 aromatic rings. The molecule has 0 bridgehead atoms. The lowest BCUT2D eigenvalue weighted by Crippen LogP contribution is -2.11. The fourth-order valence-electron chi connectivity index (χ4n) is 2.28. The molecule has 0 radical (unpaired) electrons. The third kappa shape index (κ3) is 3.85. The lowest BCUT2D eigenvalue weighted by molar-refractivity contribution is 0.408. The third-order valence-electron chi connectivity index (χ3n) is 3.49. The van der Waals surface area contributed by atoms with E-state index in [-0.39, 0.29) is 0 Å². The molecule has 0 atom stereocenters. The van der Waals surface area contributed by atoms with Crippen molar-refractivity contribution >= 4 is 5.71 Å². The number of para-hydroxylation sites is 1. The molecule has 0 fully saturated rings. The van der Waals surface area contributed by atoms with Crippen molar-refractivity contribution in [2.75, 3.05) is 7.11 Å². The van der Waals surface area contributed by atoms with Gasteiger partial charge in [0.05, 0.1) is 19.4 Å². The van der Waals surface area contributed by atoms with Crippen molar-refractivity contribution in [1.29, 1.82) is 0 Å². The smallest absolute Gasteiger partial charge is 0.123 e. The lowest BCUT2D eigenvalue weighted by Gasteiger charge is -2.10. The van der Waals surface area contributed by atoms with Gasteiger partial charge < -0.3 is 10.2 Å². The number of ether oxygens (including phenoxy) is 1. The highest BCUT2D eigenvalue weighted by molar-refractivity contribution is 5.99. The van der Waals surface area contributed by atoms with Gasteiger partial charge in [-0.05, 0) is 38.5 Å². The van der Waals surface area contributed by atoms with E-state index in [1.165, 1.54) is 16.7 Å². The van der Waals surface area contributed by atoms with Crippen LogP contribution in [0.5, 0.6) is 5.75 Å². The van der Waals surface area contributed by atoms with Crippen molar-refractivity contribution in [3.63, 3.8) is 0 Å². The molecule has 21 heavy (non-hydrogen) atoms. The second kappa shape index (κ2) is 6.93. The Kier molecular flexibility index (Phi) is 4.99. The van der Waals surface area contributed by atoms with Gasteiger partial charge >= 0.3 is 0 Å². The van der Waals surface area contributed by atoms with Crippen LogP contribution in [0, 0.1) is 13.8 Å². The number of benzene rings is 2. The van der Waals surface area contributed by atoms with Crippen LogP contribution in [0.3, 0.4) is 0 Å². The lowest BCUT2D eigenvalue weighted by atomic mass is 10.0. The fraction of sp³-hybridized carbons (Fsp3) is 0.278. The first-order valence-electron chi connectivity index (χ1n) is 7.08. The van der Waals surface area contributed by atoms with E-state index < -0.39 is 0 Å². The molecule has 0 saturated heterocycles. The maximum Gasteiger partial charge on any atom is 0.123 e. The van der Waals surface area contributed by atoms with Crippen LogP contribution in [0.15, 0.2) is 47.6 Å². The van der Waals surface area contributed by atoms with E-state index in [1.54, 1.807) is 7.11 Å². The number of methoxy groups -OCH3 is 1. The van der Waals surface area contributed by atoms with Gasteiger partial charge in [0.2, 0.25) is 0 Å². The maximum absolute atomic E-state index is 5.33. The van der Waals surface area contributed by atoms with Crippen molar-refractivity contribution in [2.24, 2.45) is 5.10 Å². The molecule has 0 saturated carbocycles. The van der Waals surface area contributed by atoms with E-state index in [2.05, 4.69) is 42.6 Å². The minimum atomic E-state index is 0.645. The number of hydrazone groups is 1. The number of nitrogens with one attached hydrogen (secondary N) is 1. The quantitative estimate of drug-likeness (QED) is 0.668. The first-order valence-corrected chi connectivity index (χ1v) is 7.08. The van der Waals surface area contributed by atoms with Crippen LogP contribution < -0.4 is 10.2 Å². The Bertz CT molecular complexity index is 647. The summed E-state index contributed by atoms with van der Waals surface area (Å²) in [5, 5.41) is 4.48. The predicted molar refractivity (Wildman–Crippen MR) is 88.0 cm³/mol. The normalized spacial score (nSPS) is 11.3. The number of rotatable bonds is 5. The highest BCUT2D eigenvalue weighted by Crippen LogP contribution is 2.17. The van der Waals surface area contributed by atoms with Gasteiger partial charge in [-0.2, -0.15) is 5.10 Å². The van der Waals surface area contributed by atoms with E-state index >= 15 is 0 Å². The monoisotopic (exact) mass is 282 g/mol. The van der Waals surface area contributed by atoms with Crippen molar-refractivity contribution in [1.82, 2.24) is 5.43 Å². The van der Waals surface area contributed by atoms with Crippen LogP contribution in [-0.2, 0) is 6.54 Å². The highest BCUT2D eigenvalue weighted by Gasteiger charge is 2.03. The second-order valence-corrected chi connectivity index (χ2v) is 5.16. The van der Waals surface area contributed by atoms with Gasteiger partial charge in [0.25, 0.3) is 0 Å². The molecule has 0 unspecified atom stereocenters. The summed E-state index contributed by atoms with van der Waals surface area (Å²) in [7, 11) is 1.68.